The highest BCUT2D eigenvalue weighted by Crippen LogP contribution is 2.46. The molecule has 13 nitrogen and oxygen atoms in total. The van der Waals surface area contributed by atoms with Crippen LogP contribution in [0.1, 0.15) is 56.9 Å². The van der Waals surface area contributed by atoms with Crippen LogP contribution in [0.2, 0.25) is 5.15 Å². The van der Waals surface area contributed by atoms with E-state index in [2.05, 4.69) is 15.2 Å². The number of aromatic nitrogens is 1. The van der Waals surface area contributed by atoms with Gasteiger partial charge in [0.2, 0.25) is 21.8 Å². The quantitative estimate of drug-likeness (QED) is 0.247. The van der Waals surface area contributed by atoms with E-state index >= 15 is 8.78 Å². The van der Waals surface area contributed by atoms with Gasteiger partial charge in [-0.05, 0) is 106 Å². The average Bonchev–Trinajstić information content (AvgIpc) is 3.92. The lowest BCUT2D eigenvalue weighted by molar-refractivity contribution is -0.129. The van der Waals surface area contributed by atoms with Crippen molar-refractivity contribution in [3.05, 3.63) is 47.1 Å². The van der Waals surface area contributed by atoms with Gasteiger partial charge in [-0.1, -0.05) is 11.6 Å². The predicted octanol–water partition coefficient (Wildman–Crippen LogP) is 2.71. The third kappa shape index (κ3) is 8.51. The summed E-state index contributed by atoms with van der Waals surface area (Å²) in [7, 11) is -3.84. The Hall–Kier alpha value is -2.99. The molecule has 0 unspecified atom stereocenters. The fraction of sp³-hybridized carbons (Fsp3) is 0.658. The SMILES string of the molecule is NC[C@@H]1CN([C@@H]2CC[C@H](NC(=O)C3CCC(C(F)(F)c4cc(Cl)nc(N5CCN(S(=O)(=O)c6ccc(N7C[C@H](N)CC7=O)cc6)CC5)c4)CC3)C2)C[C@@H]1CN. The minimum Gasteiger partial charge on any atom is -0.354 e. The smallest absolute Gasteiger partial charge is 0.276 e. The molecule has 17 heteroatoms. The van der Waals surface area contributed by atoms with Crippen molar-refractivity contribution in [3.63, 3.8) is 0 Å². The molecule has 5 aliphatic rings. The van der Waals surface area contributed by atoms with Crippen LogP contribution in [0.4, 0.5) is 20.3 Å². The lowest BCUT2D eigenvalue weighted by Gasteiger charge is -2.36. The van der Waals surface area contributed by atoms with Gasteiger partial charge < -0.3 is 32.3 Å². The molecule has 3 aliphatic heterocycles. The second kappa shape index (κ2) is 16.5. The van der Waals surface area contributed by atoms with Crippen molar-refractivity contribution in [1.29, 1.82) is 0 Å². The Labute approximate surface area is 327 Å². The topological polar surface area (TPSA) is 184 Å². The van der Waals surface area contributed by atoms with E-state index in [0.717, 1.165) is 32.4 Å². The molecule has 2 aromatic rings. The first kappa shape index (κ1) is 40.2. The fourth-order valence-electron chi connectivity index (χ4n) is 9.43. The highest BCUT2D eigenvalue weighted by molar-refractivity contribution is 7.89. The standard InChI is InChI=1S/C38H54ClF2N9O4S/c39-34-15-28(16-35(46-34)47-11-13-49(14-12-47)55(53,54)33-9-7-31(8-10-33)50-23-29(44)17-36(50)51)38(40,41)27-3-1-24(2-4-27)37(52)45-30-5-6-32(18-30)48-21-25(19-42)26(20-43)22-48/h7-10,15-16,24-27,29-30,32H,1-6,11-14,17-23,42-44H2,(H,45,52)/t24?,25-,26+,27?,29-,30+,32-/m1/s1. The summed E-state index contributed by atoms with van der Waals surface area (Å²) in [6, 6.07) is 8.98. The van der Waals surface area contributed by atoms with Crippen molar-refractivity contribution in [1.82, 2.24) is 19.5 Å². The number of hydrogen-bond acceptors (Lipinski definition) is 10. The molecule has 0 radical (unpaired) electrons. The van der Waals surface area contributed by atoms with Crippen LogP contribution in [-0.2, 0) is 25.5 Å². The van der Waals surface area contributed by atoms with Crippen LogP contribution in [0.3, 0.4) is 0 Å². The number of carbonyl (C=O) groups is 2. The zero-order valence-corrected chi connectivity index (χ0v) is 32.7. The molecule has 5 fully saturated rings. The Kier molecular flexibility index (Phi) is 12.0. The number of anilines is 2. The van der Waals surface area contributed by atoms with Crippen LogP contribution < -0.4 is 32.3 Å². The first-order valence-corrected chi connectivity index (χ1v) is 21.5. The van der Waals surface area contributed by atoms with E-state index in [1.165, 1.54) is 28.6 Å². The van der Waals surface area contributed by atoms with Gasteiger partial charge in [-0.15, -0.1) is 0 Å². The molecule has 0 bridgehead atoms. The van der Waals surface area contributed by atoms with E-state index in [1.807, 2.05) is 0 Å². The van der Waals surface area contributed by atoms with E-state index in [4.69, 9.17) is 28.8 Å². The fourth-order valence-corrected chi connectivity index (χ4v) is 11.1. The van der Waals surface area contributed by atoms with Crippen molar-refractivity contribution < 1.29 is 26.8 Å². The third-order valence-corrected chi connectivity index (χ3v) is 14.9. The lowest BCUT2D eigenvalue weighted by Crippen LogP contribution is -2.49. The molecular weight excluding hydrogens is 752 g/mol. The first-order valence-electron chi connectivity index (χ1n) is 19.7. The molecule has 7 rings (SSSR count). The molecular formula is C38H54ClF2N9O4S. The number of hydrogen-bond donors (Lipinski definition) is 4. The number of piperazine rings is 1. The van der Waals surface area contributed by atoms with Crippen molar-refractivity contribution in [2.45, 2.75) is 80.3 Å². The van der Waals surface area contributed by atoms with Crippen LogP contribution >= 0.6 is 11.6 Å². The maximum absolute atomic E-state index is 16.2. The lowest BCUT2D eigenvalue weighted by atomic mass is 9.77. The maximum Gasteiger partial charge on any atom is 0.276 e. The summed E-state index contributed by atoms with van der Waals surface area (Å²) in [5.74, 6) is -3.48. The van der Waals surface area contributed by atoms with Crippen LogP contribution in [0, 0.1) is 23.7 Å². The number of halogens is 3. The molecule has 2 saturated carbocycles. The van der Waals surface area contributed by atoms with E-state index in [9.17, 15) is 18.0 Å². The third-order valence-electron chi connectivity index (χ3n) is 12.8. The minimum absolute atomic E-state index is 0.0373. The van der Waals surface area contributed by atoms with Gasteiger partial charge in [0.25, 0.3) is 5.92 Å². The van der Waals surface area contributed by atoms with Crippen molar-refractivity contribution in [3.8, 4) is 0 Å². The molecule has 1 aromatic heterocycles. The first-order chi connectivity index (χ1) is 26.3. The van der Waals surface area contributed by atoms with E-state index in [-0.39, 0.29) is 96.7 Å². The second-order valence-electron chi connectivity index (χ2n) is 16.2. The summed E-state index contributed by atoms with van der Waals surface area (Å²) in [5, 5.41) is 3.17. The van der Waals surface area contributed by atoms with Gasteiger partial charge in [0.05, 0.1) is 4.90 Å². The van der Waals surface area contributed by atoms with Crippen molar-refractivity contribution in [2.24, 2.45) is 40.9 Å². The summed E-state index contributed by atoms with van der Waals surface area (Å²) in [6.07, 6.45) is 4.25. The molecule has 4 heterocycles. The molecule has 55 heavy (non-hydrogen) atoms. The zero-order chi connectivity index (χ0) is 39.1. The number of carbonyl (C=O) groups excluding carboxylic acids is 2. The van der Waals surface area contributed by atoms with E-state index in [1.54, 1.807) is 21.9 Å². The molecule has 3 saturated heterocycles. The molecule has 0 spiro atoms. The number of pyridine rings is 1. The number of nitrogens with two attached hydrogens (primary N) is 3. The molecule has 302 valence electrons. The molecule has 1 aromatic carbocycles. The second-order valence-corrected chi connectivity index (χ2v) is 18.5. The Morgan fingerprint density at radius 3 is 2.18 bits per heavy atom. The van der Waals surface area contributed by atoms with Crippen LogP contribution in [-0.4, -0.2) is 111 Å². The monoisotopic (exact) mass is 805 g/mol. The number of benzene rings is 1. The van der Waals surface area contributed by atoms with Gasteiger partial charge in [-0.3, -0.25) is 14.5 Å². The number of nitrogens with one attached hydrogen (secondary N) is 1. The van der Waals surface area contributed by atoms with Crippen molar-refractivity contribution in [2.75, 3.05) is 68.7 Å². The largest absolute Gasteiger partial charge is 0.354 e. The Bertz CT molecular complexity index is 1800. The predicted molar refractivity (Wildman–Crippen MR) is 207 cm³/mol. The maximum atomic E-state index is 16.2. The van der Waals surface area contributed by atoms with E-state index < -0.39 is 21.9 Å². The Morgan fingerprint density at radius 1 is 0.927 bits per heavy atom. The summed E-state index contributed by atoms with van der Waals surface area (Å²) in [5.41, 5.74) is 18.2. The normalized spacial score (nSPS) is 30.0. The molecule has 2 amide bonds. The summed E-state index contributed by atoms with van der Waals surface area (Å²) >= 11 is 6.32. The highest BCUT2D eigenvalue weighted by atomic mass is 35.5. The highest BCUT2D eigenvalue weighted by Gasteiger charge is 2.45. The zero-order valence-electron chi connectivity index (χ0n) is 31.2. The van der Waals surface area contributed by atoms with Gasteiger partial charge in [-0.2, -0.15) is 4.31 Å². The summed E-state index contributed by atoms with van der Waals surface area (Å²) in [4.78, 5) is 35.7. The number of alkyl halides is 2. The Balaban J connectivity index is 0.907. The molecule has 7 N–H and O–H groups in total. The van der Waals surface area contributed by atoms with Gasteiger partial charge >= 0.3 is 0 Å². The average molecular weight is 806 g/mol. The van der Waals surface area contributed by atoms with Crippen LogP contribution in [0.5, 0.6) is 0 Å². The van der Waals surface area contributed by atoms with Gasteiger partial charge in [0.1, 0.15) is 11.0 Å². The van der Waals surface area contributed by atoms with E-state index in [0.29, 0.717) is 56.0 Å². The number of rotatable bonds is 11. The molecule has 2 aliphatic carbocycles. The van der Waals surface area contributed by atoms with Gasteiger partial charge in [0.15, 0.2) is 0 Å². The van der Waals surface area contributed by atoms with Gasteiger partial charge in [-0.25, -0.2) is 22.2 Å². The number of amides is 2. The molecule has 5 atom stereocenters. The number of nitrogens with zero attached hydrogens (tertiary/aromatic N) is 5. The van der Waals surface area contributed by atoms with Crippen LogP contribution in [0.25, 0.3) is 0 Å². The number of sulfonamides is 1. The van der Waals surface area contributed by atoms with Crippen molar-refractivity contribution >= 4 is 44.9 Å². The summed E-state index contributed by atoms with van der Waals surface area (Å²) in [6.45, 7) is 4.26. The minimum atomic E-state index is -3.84. The Morgan fingerprint density at radius 2 is 1.58 bits per heavy atom. The van der Waals surface area contributed by atoms with Crippen LogP contribution in [0.15, 0.2) is 41.3 Å². The summed E-state index contributed by atoms with van der Waals surface area (Å²) < 4.78 is 60.6. The van der Waals surface area contributed by atoms with Gasteiger partial charge in [0, 0.05) is 93.4 Å². The number of likely N-dealkylation sites (tertiary alicyclic amines) is 1.